The molecule has 4 atom stereocenters. The second-order valence-corrected chi connectivity index (χ2v) is 6.27. The molecule has 0 radical (unpaired) electrons. The number of anilines is 1. The Morgan fingerprint density at radius 1 is 1.26 bits per heavy atom. The number of rotatable bonds is 3. The van der Waals surface area contributed by atoms with E-state index in [1.165, 1.54) is 6.33 Å². The fourth-order valence-electron chi connectivity index (χ4n) is 3.30. The van der Waals surface area contributed by atoms with Crippen molar-refractivity contribution in [1.29, 1.82) is 0 Å². The second kappa shape index (κ2) is 5.10. The van der Waals surface area contributed by atoms with Crippen molar-refractivity contribution in [3.63, 3.8) is 0 Å². The maximum Gasteiger partial charge on any atom is 0.167 e. The van der Waals surface area contributed by atoms with E-state index >= 15 is 0 Å². The molecule has 3 N–H and O–H groups in total. The number of hydrogen-bond donors (Lipinski definition) is 2. The zero-order valence-corrected chi connectivity index (χ0v) is 13.3. The fourth-order valence-corrected chi connectivity index (χ4v) is 3.30. The molecular formula is C14H20N6O3. The monoisotopic (exact) mass is 320 g/mol. The largest absolute Gasteiger partial charge is 0.382 e. The summed E-state index contributed by atoms with van der Waals surface area (Å²) in [6, 6.07) is 0. The van der Waals surface area contributed by atoms with E-state index in [2.05, 4.69) is 20.3 Å². The Bertz CT molecular complexity index is 732. The lowest BCUT2D eigenvalue weighted by Crippen LogP contribution is -2.36. The van der Waals surface area contributed by atoms with Crippen LogP contribution in [0.4, 0.5) is 5.82 Å². The van der Waals surface area contributed by atoms with E-state index in [-0.39, 0.29) is 24.5 Å². The van der Waals surface area contributed by atoms with Crippen LogP contribution in [0.2, 0.25) is 0 Å². The van der Waals surface area contributed by atoms with E-state index in [1.54, 1.807) is 6.33 Å². The highest BCUT2D eigenvalue weighted by Gasteiger charge is 2.55. The van der Waals surface area contributed by atoms with Crippen molar-refractivity contribution in [1.82, 2.24) is 24.8 Å². The predicted octanol–water partition coefficient (Wildman–Crippen LogP) is 0.0454. The van der Waals surface area contributed by atoms with Crippen LogP contribution in [0.15, 0.2) is 12.7 Å². The lowest BCUT2D eigenvalue weighted by atomic mass is 10.1. The molecule has 4 rings (SSSR count). The molecule has 0 spiro atoms. The van der Waals surface area contributed by atoms with Crippen LogP contribution < -0.4 is 11.1 Å². The molecule has 4 heterocycles. The lowest BCUT2D eigenvalue weighted by Gasteiger charge is -2.24. The SMILES string of the molecule is CNC[C@@H]1O[C@H](n2cnc3c(N)ncnc32)[C@H]2OC(C)(C)O[C@H]21. The molecule has 124 valence electrons. The minimum atomic E-state index is -0.645. The summed E-state index contributed by atoms with van der Waals surface area (Å²) < 4.78 is 20.1. The van der Waals surface area contributed by atoms with Gasteiger partial charge in [-0.05, 0) is 20.9 Å². The molecular weight excluding hydrogens is 300 g/mol. The number of fused-ring (bicyclic) bond motifs is 2. The molecule has 0 bridgehead atoms. The number of aromatic nitrogens is 4. The Kier molecular flexibility index (Phi) is 3.27. The van der Waals surface area contributed by atoms with Crippen molar-refractivity contribution in [3.8, 4) is 0 Å². The molecule has 2 aromatic rings. The van der Waals surface area contributed by atoms with Crippen molar-refractivity contribution in [2.45, 2.75) is 44.2 Å². The number of imidazole rings is 1. The summed E-state index contributed by atoms with van der Waals surface area (Å²) in [6.45, 7) is 4.48. The van der Waals surface area contributed by atoms with Gasteiger partial charge >= 0.3 is 0 Å². The average Bonchev–Trinajstić information content (AvgIpc) is 3.13. The summed E-state index contributed by atoms with van der Waals surface area (Å²) in [5, 5.41) is 3.13. The van der Waals surface area contributed by atoms with E-state index in [4.69, 9.17) is 19.9 Å². The molecule has 2 saturated heterocycles. The van der Waals surface area contributed by atoms with Gasteiger partial charge in [0.05, 0.1) is 6.33 Å². The van der Waals surface area contributed by atoms with Gasteiger partial charge in [0.25, 0.3) is 0 Å². The summed E-state index contributed by atoms with van der Waals surface area (Å²) >= 11 is 0. The minimum Gasteiger partial charge on any atom is -0.382 e. The summed E-state index contributed by atoms with van der Waals surface area (Å²) in [7, 11) is 1.88. The number of hydrogen-bond acceptors (Lipinski definition) is 8. The molecule has 0 saturated carbocycles. The molecule has 23 heavy (non-hydrogen) atoms. The van der Waals surface area contributed by atoms with Crippen LogP contribution in [0.1, 0.15) is 20.1 Å². The van der Waals surface area contributed by atoms with Gasteiger partial charge in [0.2, 0.25) is 0 Å². The first-order valence-corrected chi connectivity index (χ1v) is 7.59. The van der Waals surface area contributed by atoms with E-state index in [1.807, 2.05) is 25.5 Å². The Morgan fingerprint density at radius 3 is 2.83 bits per heavy atom. The van der Waals surface area contributed by atoms with Gasteiger partial charge in [-0.1, -0.05) is 0 Å². The van der Waals surface area contributed by atoms with Crippen LogP contribution in [0, 0.1) is 0 Å². The lowest BCUT2D eigenvalue weighted by molar-refractivity contribution is -0.195. The molecule has 2 fully saturated rings. The second-order valence-electron chi connectivity index (χ2n) is 6.27. The highest BCUT2D eigenvalue weighted by molar-refractivity contribution is 5.81. The van der Waals surface area contributed by atoms with Gasteiger partial charge in [-0.25, -0.2) is 15.0 Å². The van der Waals surface area contributed by atoms with Crippen LogP contribution in [0.5, 0.6) is 0 Å². The normalized spacial score (nSPS) is 32.5. The average molecular weight is 320 g/mol. The zero-order chi connectivity index (χ0) is 16.2. The van der Waals surface area contributed by atoms with Crippen LogP contribution >= 0.6 is 0 Å². The van der Waals surface area contributed by atoms with Crippen LogP contribution in [-0.2, 0) is 14.2 Å². The molecule has 9 heteroatoms. The number of nitrogen functional groups attached to an aromatic ring is 1. The van der Waals surface area contributed by atoms with Crippen molar-refractivity contribution in [2.24, 2.45) is 0 Å². The van der Waals surface area contributed by atoms with Gasteiger partial charge in [-0.3, -0.25) is 4.57 Å². The third kappa shape index (κ3) is 2.27. The molecule has 0 aliphatic carbocycles. The maximum atomic E-state index is 6.16. The van der Waals surface area contributed by atoms with Gasteiger partial charge in [0.1, 0.15) is 30.2 Å². The Hall–Kier alpha value is -1.81. The number of ether oxygens (including phenoxy) is 3. The highest BCUT2D eigenvalue weighted by Crippen LogP contribution is 2.43. The van der Waals surface area contributed by atoms with E-state index in [9.17, 15) is 0 Å². The van der Waals surface area contributed by atoms with Crippen LogP contribution in [0.3, 0.4) is 0 Å². The summed E-state index contributed by atoms with van der Waals surface area (Å²) in [5.74, 6) is -0.299. The van der Waals surface area contributed by atoms with Crippen LogP contribution in [0.25, 0.3) is 11.2 Å². The number of nitrogens with one attached hydrogen (secondary N) is 1. The van der Waals surface area contributed by atoms with Crippen molar-refractivity contribution >= 4 is 17.0 Å². The first kappa shape index (κ1) is 14.8. The number of nitrogens with zero attached hydrogens (tertiary/aromatic N) is 4. The topological polar surface area (TPSA) is 109 Å². The Balaban J connectivity index is 1.74. The van der Waals surface area contributed by atoms with Crippen molar-refractivity contribution in [3.05, 3.63) is 12.7 Å². The molecule has 9 nitrogen and oxygen atoms in total. The maximum absolute atomic E-state index is 6.16. The van der Waals surface area contributed by atoms with E-state index < -0.39 is 5.79 Å². The van der Waals surface area contributed by atoms with Gasteiger partial charge in [-0.2, -0.15) is 0 Å². The first-order valence-electron chi connectivity index (χ1n) is 7.59. The molecule has 0 amide bonds. The molecule has 2 aliphatic heterocycles. The molecule has 0 unspecified atom stereocenters. The molecule has 2 aliphatic rings. The summed E-state index contributed by atoms with van der Waals surface area (Å²) in [4.78, 5) is 12.6. The Labute approximate surface area is 133 Å². The molecule has 0 aromatic carbocycles. The van der Waals surface area contributed by atoms with E-state index in [0.717, 1.165) is 0 Å². The third-order valence-corrected chi connectivity index (χ3v) is 4.19. The Morgan fingerprint density at radius 2 is 2.04 bits per heavy atom. The predicted molar refractivity (Wildman–Crippen MR) is 81.4 cm³/mol. The van der Waals surface area contributed by atoms with Crippen LogP contribution in [-0.4, -0.2) is 57.2 Å². The molecule has 2 aromatic heterocycles. The summed E-state index contributed by atoms with van der Waals surface area (Å²) in [5.41, 5.74) is 7.04. The van der Waals surface area contributed by atoms with Crippen molar-refractivity contribution in [2.75, 3.05) is 19.3 Å². The smallest absolute Gasteiger partial charge is 0.167 e. The van der Waals surface area contributed by atoms with Gasteiger partial charge in [0.15, 0.2) is 23.5 Å². The van der Waals surface area contributed by atoms with Gasteiger partial charge < -0.3 is 25.3 Å². The standard InChI is InChI=1S/C14H20N6O3/c1-14(2)22-9-7(4-16-3)21-13(10(9)23-14)20-6-19-8-11(15)17-5-18-12(8)20/h5-7,9-10,13,16H,4H2,1-3H3,(H2,15,17,18)/t7-,9-,10-,13-/m0/s1. The minimum absolute atomic E-state index is 0.117. The third-order valence-electron chi connectivity index (χ3n) is 4.19. The summed E-state index contributed by atoms with van der Waals surface area (Å²) in [6.07, 6.45) is 2.20. The zero-order valence-electron chi connectivity index (χ0n) is 13.3. The van der Waals surface area contributed by atoms with E-state index in [0.29, 0.717) is 23.5 Å². The fraction of sp³-hybridized carbons (Fsp3) is 0.643. The quantitative estimate of drug-likeness (QED) is 0.816. The number of nitrogens with two attached hydrogens (primary N) is 1. The first-order chi connectivity index (χ1) is 11.0. The van der Waals surface area contributed by atoms with Gasteiger partial charge in [-0.15, -0.1) is 0 Å². The highest BCUT2D eigenvalue weighted by atomic mass is 16.8. The van der Waals surface area contributed by atoms with Gasteiger partial charge in [0, 0.05) is 6.54 Å². The van der Waals surface area contributed by atoms with Crippen molar-refractivity contribution < 1.29 is 14.2 Å². The number of likely N-dealkylation sites (N-methyl/N-ethyl adjacent to an activating group) is 1.